The second-order valence-electron chi connectivity index (χ2n) is 5.10. The van der Waals surface area contributed by atoms with Gasteiger partial charge < -0.3 is 10.6 Å². The minimum atomic E-state index is 0.00245. The monoisotopic (exact) mass is 242 g/mol. The summed E-state index contributed by atoms with van der Waals surface area (Å²) in [6, 6.07) is 0. The molecule has 0 aliphatic carbocycles. The van der Waals surface area contributed by atoms with Gasteiger partial charge in [-0.25, -0.2) is 0 Å². The van der Waals surface area contributed by atoms with Crippen molar-refractivity contribution >= 4 is 11.7 Å². The van der Waals surface area contributed by atoms with Gasteiger partial charge in [-0.05, 0) is 18.9 Å². The zero-order chi connectivity index (χ0) is 13.3. The van der Waals surface area contributed by atoms with Crippen molar-refractivity contribution < 1.29 is 9.59 Å². The largest absolute Gasteiger partial charge is 0.355 e. The van der Waals surface area contributed by atoms with Gasteiger partial charge in [-0.3, -0.25) is 9.59 Å². The molecule has 0 aliphatic heterocycles. The molecule has 4 nitrogen and oxygen atoms in total. The van der Waals surface area contributed by atoms with Gasteiger partial charge in [0.1, 0.15) is 5.78 Å². The summed E-state index contributed by atoms with van der Waals surface area (Å²) in [5.74, 6) is 0.907. The number of Topliss-reactive ketones (excluding diaryl/α,β-unsaturated/α-hetero) is 1. The van der Waals surface area contributed by atoms with E-state index >= 15 is 0 Å². The van der Waals surface area contributed by atoms with Crippen LogP contribution in [0.1, 0.15) is 40.5 Å². The topological polar surface area (TPSA) is 58.2 Å². The van der Waals surface area contributed by atoms with Crippen LogP contribution in [0.25, 0.3) is 0 Å². The Balaban J connectivity index is 3.42. The summed E-state index contributed by atoms with van der Waals surface area (Å²) in [5, 5.41) is 5.87. The van der Waals surface area contributed by atoms with Crippen molar-refractivity contribution in [3.05, 3.63) is 0 Å². The molecule has 0 aromatic rings. The summed E-state index contributed by atoms with van der Waals surface area (Å²) in [6.07, 6.45) is 1.28. The highest BCUT2D eigenvalue weighted by Gasteiger charge is 2.06. The first kappa shape index (κ1) is 16.1. The molecule has 17 heavy (non-hydrogen) atoms. The molecule has 1 amide bonds. The Morgan fingerprint density at radius 1 is 1.12 bits per heavy atom. The van der Waals surface area contributed by atoms with Crippen LogP contribution in [-0.2, 0) is 9.59 Å². The highest BCUT2D eigenvalue weighted by molar-refractivity contribution is 5.80. The SMILES string of the molecule is CC(C)CNCC(=O)NCCCC(=O)C(C)C. The Hall–Kier alpha value is -0.900. The molecule has 0 rings (SSSR count). The number of hydrogen-bond donors (Lipinski definition) is 2. The lowest BCUT2D eigenvalue weighted by Crippen LogP contribution is -2.35. The average molecular weight is 242 g/mol. The Kier molecular flexibility index (Phi) is 8.68. The van der Waals surface area contributed by atoms with Crippen molar-refractivity contribution in [2.75, 3.05) is 19.6 Å². The van der Waals surface area contributed by atoms with Crippen molar-refractivity contribution in [1.82, 2.24) is 10.6 Å². The average Bonchev–Trinajstić information content (AvgIpc) is 2.23. The van der Waals surface area contributed by atoms with Crippen LogP contribution in [-0.4, -0.2) is 31.3 Å². The summed E-state index contributed by atoms with van der Waals surface area (Å²) in [7, 11) is 0. The predicted octanol–water partition coefficient (Wildman–Crippen LogP) is 1.35. The van der Waals surface area contributed by atoms with Crippen LogP contribution < -0.4 is 10.6 Å². The van der Waals surface area contributed by atoms with E-state index in [0.717, 1.165) is 13.0 Å². The molecule has 0 unspecified atom stereocenters. The molecular weight excluding hydrogens is 216 g/mol. The summed E-state index contributed by atoms with van der Waals surface area (Å²) < 4.78 is 0. The van der Waals surface area contributed by atoms with Gasteiger partial charge in [-0.2, -0.15) is 0 Å². The summed E-state index contributed by atoms with van der Waals surface area (Å²) >= 11 is 0. The molecule has 0 spiro atoms. The van der Waals surface area contributed by atoms with Crippen LogP contribution in [0.4, 0.5) is 0 Å². The molecular formula is C13H26N2O2. The Labute approximate surface area is 105 Å². The van der Waals surface area contributed by atoms with Gasteiger partial charge in [0, 0.05) is 18.9 Å². The normalized spacial score (nSPS) is 10.9. The van der Waals surface area contributed by atoms with E-state index in [0.29, 0.717) is 25.4 Å². The molecule has 0 radical (unpaired) electrons. The van der Waals surface area contributed by atoms with E-state index in [9.17, 15) is 9.59 Å². The molecule has 2 N–H and O–H groups in total. The van der Waals surface area contributed by atoms with E-state index in [1.54, 1.807) is 0 Å². The first-order valence-electron chi connectivity index (χ1n) is 6.43. The van der Waals surface area contributed by atoms with Crippen LogP contribution in [0.5, 0.6) is 0 Å². The maximum atomic E-state index is 11.3. The molecule has 0 atom stereocenters. The molecule has 0 aromatic heterocycles. The third kappa shape index (κ3) is 10.00. The van der Waals surface area contributed by atoms with E-state index in [1.165, 1.54) is 0 Å². The van der Waals surface area contributed by atoms with Crippen molar-refractivity contribution in [2.45, 2.75) is 40.5 Å². The quantitative estimate of drug-likeness (QED) is 0.600. The maximum Gasteiger partial charge on any atom is 0.233 e. The van der Waals surface area contributed by atoms with Gasteiger partial charge in [0.25, 0.3) is 0 Å². The van der Waals surface area contributed by atoms with Crippen LogP contribution in [0.15, 0.2) is 0 Å². The fraction of sp³-hybridized carbons (Fsp3) is 0.846. The predicted molar refractivity (Wildman–Crippen MR) is 69.8 cm³/mol. The highest BCUT2D eigenvalue weighted by Crippen LogP contribution is 2.00. The number of hydrogen-bond acceptors (Lipinski definition) is 3. The number of nitrogens with one attached hydrogen (secondary N) is 2. The molecule has 100 valence electrons. The molecule has 4 heteroatoms. The standard InChI is InChI=1S/C13H26N2O2/c1-10(2)8-14-9-13(17)15-7-5-6-12(16)11(3)4/h10-11,14H,5-9H2,1-4H3,(H,15,17). The molecule has 0 aromatic carbocycles. The molecule has 0 aliphatic rings. The van der Waals surface area contributed by atoms with Crippen molar-refractivity contribution in [3.8, 4) is 0 Å². The Morgan fingerprint density at radius 3 is 2.29 bits per heavy atom. The minimum Gasteiger partial charge on any atom is -0.355 e. The van der Waals surface area contributed by atoms with Crippen LogP contribution in [0.3, 0.4) is 0 Å². The van der Waals surface area contributed by atoms with E-state index in [1.807, 2.05) is 13.8 Å². The first-order chi connectivity index (χ1) is 7.93. The smallest absolute Gasteiger partial charge is 0.233 e. The molecule has 0 saturated heterocycles. The van der Waals surface area contributed by atoms with Gasteiger partial charge in [0.15, 0.2) is 0 Å². The zero-order valence-electron chi connectivity index (χ0n) is 11.5. The minimum absolute atomic E-state index is 0.00245. The molecule has 0 bridgehead atoms. The number of amides is 1. The lowest BCUT2D eigenvalue weighted by molar-refractivity contribution is -0.123. The fourth-order valence-electron chi connectivity index (χ4n) is 1.32. The Bertz CT molecular complexity index is 238. The second-order valence-corrected chi connectivity index (χ2v) is 5.10. The van der Waals surface area contributed by atoms with Gasteiger partial charge in [0.05, 0.1) is 6.54 Å². The lowest BCUT2D eigenvalue weighted by atomic mass is 10.1. The number of carbonyl (C=O) groups is 2. The van der Waals surface area contributed by atoms with E-state index in [-0.39, 0.29) is 17.6 Å². The third-order valence-electron chi connectivity index (χ3n) is 2.40. The summed E-state index contributed by atoms with van der Waals surface area (Å²) in [6.45, 7) is 9.79. The first-order valence-corrected chi connectivity index (χ1v) is 6.43. The molecule has 0 heterocycles. The number of carbonyl (C=O) groups excluding carboxylic acids is 2. The number of rotatable bonds is 9. The van der Waals surface area contributed by atoms with Crippen LogP contribution in [0, 0.1) is 11.8 Å². The van der Waals surface area contributed by atoms with Gasteiger partial charge in [0.2, 0.25) is 5.91 Å². The van der Waals surface area contributed by atoms with E-state index in [2.05, 4.69) is 24.5 Å². The zero-order valence-corrected chi connectivity index (χ0v) is 11.5. The fourth-order valence-corrected chi connectivity index (χ4v) is 1.32. The van der Waals surface area contributed by atoms with Crippen molar-refractivity contribution in [1.29, 1.82) is 0 Å². The summed E-state index contributed by atoms with van der Waals surface area (Å²) in [5.41, 5.74) is 0. The van der Waals surface area contributed by atoms with Crippen LogP contribution in [0.2, 0.25) is 0 Å². The Morgan fingerprint density at radius 2 is 1.76 bits per heavy atom. The molecule has 0 saturated carbocycles. The van der Waals surface area contributed by atoms with Crippen LogP contribution >= 0.6 is 0 Å². The van der Waals surface area contributed by atoms with Gasteiger partial charge in [-0.1, -0.05) is 27.7 Å². The summed E-state index contributed by atoms with van der Waals surface area (Å²) in [4.78, 5) is 22.7. The highest BCUT2D eigenvalue weighted by atomic mass is 16.2. The van der Waals surface area contributed by atoms with Crippen molar-refractivity contribution in [3.63, 3.8) is 0 Å². The third-order valence-corrected chi connectivity index (χ3v) is 2.40. The van der Waals surface area contributed by atoms with E-state index in [4.69, 9.17) is 0 Å². The second kappa shape index (κ2) is 9.16. The maximum absolute atomic E-state index is 11.3. The number of ketones is 1. The van der Waals surface area contributed by atoms with Gasteiger partial charge >= 0.3 is 0 Å². The van der Waals surface area contributed by atoms with E-state index < -0.39 is 0 Å². The van der Waals surface area contributed by atoms with Gasteiger partial charge in [-0.15, -0.1) is 0 Å². The molecule has 0 fully saturated rings. The lowest BCUT2D eigenvalue weighted by Gasteiger charge is -2.08. The van der Waals surface area contributed by atoms with Crippen molar-refractivity contribution in [2.24, 2.45) is 11.8 Å².